The van der Waals surface area contributed by atoms with E-state index in [4.69, 9.17) is 0 Å². The molecule has 0 saturated carbocycles. The highest BCUT2D eigenvalue weighted by atomic mass is 32.2. The maximum absolute atomic E-state index is 13.2. The molecule has 1 saturated heterocycles. The minimum atomic E-state index is -3.71. The van der Waals surface area contributed by atoms with E-state index in [0.29, 0.717) is 19.6 Å². The van der Waals surface area contributed by atoms with Gasteiger partial charge in [0, 0.05) is 30.9 Å². The van der Waals surface area contributed by atoms with Crippen molar-refractivity contribution in [1.82, 2.24) is 19.4 Å². The van der Waals surface area contributed by atoms with Gasteiger partial charge < -0.3 is 5.32 Å². The Labute approximate surface area is 195 Å². The molecule has 0 aliphatic carbocycles. The van der Waals surface area contributed by atoms with Crippen molar-refractivity contribution in [1.29, 1.82) is 0 Å². The molecular weight excluding hydrogens is 436 g/mol. The standard InChI is InChI=1S/C25H30N4O3S/c1-19-23(20(2)29(27-19)18-21-11-5-3-6-12-21)17-26-25(30)22-13-7-8-14-24(22)33(31,32)28-15-9-4-10-16-28/h3,5-8,11-14H,4,9-10,15-18H2,1-2H3,(H,26,30). The van der Waals surface area contributed by atoms with Crippen LogP contribution in [0.4, 0.5) is 0 Å². The SMILES string of the molecule is Cc1nn(Cc2ccccc2)c(C)c1CNC(=O)c1ccccc1S(=O)(=O)N1CCCCC1. The smallest absolute Gasteiger partial charge is 0.252 e. The van der Waals surface area contributed by atoms with Crippen molar-refractivity contribution >= 4 is 15.9 Å². The van der Waals surface area contributed by atoms with Gasteiger partial charge in [-0.2, -0.15) is 9.40 Å². The van der Waals surface area contributed by atoms with Crippen LogP contribution >= 0.6 is 0 Å². The summed E-state index contributed by atoms with van der Waals surface area (Å²) in [7, 11) is -3.71. The summed E-state index contributed by atoms with van der Waals surface area (Å²) in [5.41, 5.74) is 4.09. The number of nitrogens with one attached hydrogen (secondary N) is 1. The molecule has 0 bridgehead atoms. The molecule has 4 rings (SSSR count). The number of amides is 1. The van der Waals surface area contributed by atoms with Crippen LogP contribution in [0.15, 0.2) is 59.5 Å². The maximum Gasteiger partial charge on any atom is 0.252 e. The van der Waals surface area contributed by atoms with E-state index >= 15 is 0 Å². The molecular formula is C25H30N4O3S. The number of carbonyl (C=O) groups excluding carboxylic acids is 1. The van der Waals surface area contributed by atoms with E-state index in [1.807, 2.05) is 36.7 Å². The van der Waals surface area contributed by atoms with Crippen LogP contribution in [0, 0.1) is 13.8 Å². The van der Waals surface area contributed by atoms with Gasteiger partial charge in [0.15, 0.2) is 0 Å². The Bertz CT molecular complexity index is 1230. The number of benzene rings is 2. The number of carbonyl (C=O) groups is 1. The summed E-state index contributed by atoms with van der Waals surface area (Å²) in [4.78, 5) is 13.1. The van der Waals surface area contributed by atoms with Crippen molar-refractivity contribution < 1.29 is 13.2 Å². The van der Waals surface area contributed by atoms with E-state index in [2.05, 4.69) is 22.5 Å². The van der Waals surface area contributed by atoms with Crippen molar-refractivity contribution in [2.24, 2.45) is 0 Å². The zero-order valence-corrected chi connectivity index (χ0v) is 19.9. The third-order valence-electron chi connectivity index (χ3n) is 6.20. The Hall–Kier alpha value is -2.97. The fourth-order valence-electron chi connectivity index (χ4n) is 4.29. The van der Waals surface area contributed by atoms with Crippen molar-refractivity contribution in [2.75, 3.05) is 13.1 Å². The summed E-state index contributed by atoms with van der Waals surface area (Å²) < 4.78 is 29.8. The Morgan fingerprint density at radius 1 is 0.970 bits per heavy atom. The van der Waals surface area contributed by atoms with E-state index in [1.54, 1.807) is 18.2 Å². The second kappa shape index (κ2) is 9.89. The lowest BCUT2D eigenvalue weighted by Crippen LogP contribution is -2.37. The summed E-state index contributed by atoms with van der Waals surface area (Å²) in [6, 6.07) is 16.5. The van der Waals surface area contributed by atoms with E-state index < -0.39 is 15.9 Å². The lowest BCUT2D eigenvalue weighted by Gasteiger charge is -2.26. The van der Waals surface area contributed by atoms with Gasteiger partial charge in [-0.25, -0.2) is 8.42 Å². The number of nitrogens with zero attached hydrogens (tertiary/aromatic N) is 3. The first-order chi connectivity index (χ1) is 15.9. The molecule has 7 nitrogen and oxygen atoms in total. The Morgan fingerprint density at radius 3 is 2.36 bits per heavy atom. The van der Waals surface area contributed by atoms with Crippen LogP contribution in [0.25, 0.3) is 0 Å². The van der Waals surface area contributed by atoms with Crippen LogP contribution in [0.5, 0.6) is 0 Å². The first kappa shape index (κ1) is 23.2. The minimum Gasteiger partial charge on any atom is -0.348 e. The second-order valence-electron chi connectivity index (χ2n) is 8.44. The largest absolute Gasteiger partial charge is 0.348 e. The zero-order chi connectivity index (χ0) is 23.4. The highest BCUT2D eigenvalue weighted by Gasteiger charge is 2.29. The molecule has 0 atom stereocenters. The number of hydrogen-bond acceptors (Lipinski definition) is 4. The fraction of sp³-hybridized carbons (Fsp3) is 0.360. The van der Waals surface area contributed by atoms with Crippen molar-refractivity contribution in [3.05, 3.63) is 82.7 Å². The Kier molecular flexibility index (Phi) is 6.95. The quantitative estimate of drug-likeness (QED) is 0.576. The van der Waals surface area contributed by atoms with Gasteiger partial charge >= 0.3 is 0 Å². The first-order valence-corrected chi connectivity index (χ1v) is 12.8. The third-order valence-corrected chi connectivity index (χ3v) is 8.15. The van der Waals surface area contributed by atoms with Crippen LogP contribution in [0.2, 0.25) is 0 Å². The van der Waals surface area contributed by atoms with E-state index in [-0.39, 0.29) is 17.0 Å². The van der Waals surface area contributed by atoms with E-state index in [9.17, 15) is 13.2 Å². The average molecular weight is 467 g/mol. The second-order valence-corrected chi connectivity index (χ2v) is 10.3. The van der Waals surface area contributed by atoms with Crippen molar-refractivity contribution in [3.63, 3.8) is 0 Å². The van der Waals surface area contributed by atoms with Crippen LogP contribution < -0.4 is 5.32 Å². The van der Waals surface area contributed by atoms with Gasteiger partial charge in [0.05, 0.1) is 22.7 Å². The molecule has 1 N–H and O–H groups in total. The van der Waals surface area contributed by atoms with Crippen molar-refractivity contribution in [3.8, 4) is 0 Å². The third kappa shape index (κ3) is 5.02. The molecule has 1 amide bonds. The van der Waals surface area contributed by atoms with Gasteiger partial charge in [0.2, 0.25) is 10.0 Å². The van der Waals surface area contributed by atoms with Gasteiger partial charge in [0.25, 0.3) is 5.91 Å². The number of rotatable bonds is 7. The Balaban J connectivity index is 1.51. The molecule has 2 aromatic carbocycles. The van der Waals surface area contributed by atoms with E-state index in [0.717, 1.165) is 41.8 Å². The predicted molar refractivity (Wildman–Crippen MR) is 127 cm³/mol. The molecule has 174 valence electrons. The molecule has 3 aromatic rings. The first-order valence-electron chi connectivity index (χ1n) is 11.3. The summed E-state index contributed by atoms with van der Waals surface area (Å²) in [6.07, 6.45) is 2.73. The molecule has 2 heterocycles. The number of aryl methyl sites for hydroxylation is 1. The topological polar surface area (TPSA) is 84.3 Å². The van der Waals surface area contributed by atoms with Gasteiger partial charge in [0.1, 0.15) is 0 Å². The maximum atomic E-state index is 13.2. The molecule has 1 aliphatic rings. The number of sulfonamides is 1. The van der Waals surface area contributed by atoms with Gasteiger partial charge in [-0.05, 0) is 44.4 Å². The monoisotopic (exact) mass is 466 g/mol. The molecule has 1 aliphatic heterocycles. The normalized spacial score (nSPS) is 14.8. The lowest BCUT2D eigenvalue weighted by molar-refractivity contribution is 0.0947. The molecule has 0 unspecified atom stereocenters. The van der Waals surface area contributed by atoms with Crippen molar-refractivity contribution in [2.45, 2.75) is 51.1 Å². The molecule has 0 spiro atoms. The van der Waals surface area contributed by atoms with Gasteiger partial charge in [-0.1, -0.05) is 48.9 Å². The number of aromatic nitrogens is 2. The lowest BCUT2D eigenvalue weighted by atomic mass is 10.1. The highest BCUT2D eigenvalue weighted by molar-refractivity contribution is 7.89. The minimum absolute atomic E-state index is 0.0672. The molecule has 33 heavy (non-hydrogen) atoms. The van der Waals surface area contributed by atoms with E-state index in [1.165, 1.54) is 10.4 Å². The molecule has 1 aromatic heterocycles. The number of hydrogen-bond donors (Lipinski definition) is 1. The molecule has 1 fully saturated rings. The van der Waals surface area contributed by atoms with Gasteiger partial charge in [-0.3, -0.25) is 9.48 Å². The highest BCUT2D eigenvalue weighted by Crippen LogP contribution is 2.24. The van der Waals surface area contributed by atoms with Gasteiger partial charge in [-0.15, -0.1) is 0 Å². The summed E-state index contributed by atoms with van der Waals surface area (Å²) in [5, 5.41) is 7.55. The predicted octanol–water partition coefficient (Wildman–Crippen LogP) is 3.65. The Morgan fingerprint density at radius 2 is 1.64 bits per heavy atom. The number of piperidine rings is 1. The van der Waals surface area contributed by atoms with Crippen LogP contribution in [-0.2, 0) is 23.1 Å². The van der Waals surface area contributed by atoms with Crippen LogP contribution in [-0.4, -0.2) is 41.5 Å². The molecule has 8 heteroatoms. The summed E-state index contributed by atoms with van der Waals surface area (Å²) >= 11 is 0. The van der Waals surface area contributed by atoms with Crippen LogP contribution in [0.3, 0.4) is 0 Å². The summed E-state index contributed by atoms with van der Waals surface area (Å²) in [5.74, 6) is -0.402. The van der Waals surface area contributed by atoms with Crippen LogP contribution in [0.1, 0.15) is 52.1 Å². The molecule has 0 radical (unpaired) electrons. The average Bonchev–Trinajstić information content (AvgIpc) is 3.10. The summed E-state index contributed by atoms with van der Waals surface area (Å²) in [6.45, 7) is 5.83. The fourth-order valence-corrected chi connectivity index (χ4v) is 5.99. The zero-order valence-electron chi connectivity index (χ0n) is 19.1.